The van der Waals surface area contributed by atoms with Gasteiger partial charge in [-0.3, -0.25) is 4.79 Å². The Kier molecular flexibility index (Phi) is 7.00. The number of hydrazone groups is 1. The highest BCUT2D eigenvalue weighted by Crippen LogP contribution is 2.21. The van der Waals surface area contributed by atoms with Crippen molar-refractivity contribution in [1.29, 1.82) is 0 Å². The molecule has 2 rings (SSSR count). The van der Waals surface area contributed by atoms with Crippen molar-refractivity contribution in [2.75, 3.05) is 11.2 Å². The molecule has 144 valence electrons. The lowest BCUT2D eigenvalue weighted by molar-refractivity contribution is -0.119. The van der Waals surface area contributed by atoms with Crippen molar-refractivity contribution in [3.05, 3.63) is 42.0 Å². The summed E-state index contributed by atoms with van der Waals surface area (Å²) >= 11 is 1.22. The molecule has 0 aliphatic rings. The SMILES string of the molecule is C=CCc1cccc(/C=N/Nc2nc(SCC(=O)NC(C)(C)C)n[nH]2)c1O. The standard InChI is InChI=1S/C18H24N6O2S/c1-5-7-12-8-6-9-13(15(12)26)10-19-22-16-20-17(24-23-16)27-11-14(25)21-18(2,3)4/h5-6,8-10,26H,1,7,11H2,2-4H3,(H,21,25)(H2,20,22,23,24)/b19-10+. The zero-order valence-corrected chi connectivity index (χ0v) is 16.4. The lowest BCUT2D eigenvalue weighted by Gasteiger charge is -2.19. The van der Waals surface area contributed by atoms with Crippen LogP contribution in [0.15, 0.2) is 41.1 Å². The fourth-order valence-corrected chi connectivity index (χ4v) is 2.74. The van der Waals surface area contributed by atoms with E-state index in [1.54, 1.807) is 12.1 Å². The molecule has 0 spiro atoms. The Hall–Kier alpha value is -2.81. The van der Waals surface area contributed by atoms with Crippen LogP contribution in [0, 0.1) is 0 Å². The summed E-state index contributed by atoms with van der Waals surface area (Å²) in [4.78, 5) is 16.0. The van der Waals surface area contributed by atoms with Crippen LogP contribution < -0.4 is 10.7 Å². The molecule has 0 radical (unpaired) electrons. The van der Waals surface area contributed by atoms with Gasteiger partial charge in [0.15, 0.2) is 0 Å². The molecule has 1 amide bonds. The summed E-state index contributed by atoms with van der Waals surface area (Å²) in [6, 6.07) is 5.42. The number of hydrogen-bond acceptors (Lipinski definition) is 7. The topological polar surface area (TPSA) is 115 Å². The highest BCUT2D eigenvalue weighted by molar-refractivity contribution is 7.99. The zero-order chi connectivity index (χ0) is 19.9. The molecular weight excluding hydrogens is 364 g/mol. The van der Waals surface area contributed by atoms with E-state index in [-0.39, 0.29) is 22.9 Å². The van der Waals surface area contributed by atoms with Gasteiger partial charge in [0.25, 0.3) is 0 Å². The van der Waals surface area contributed by atoms with E-state index in [0.717, 1.165) is 5.56 Å². The van der Waals surface area contributed by atoms with Crippen LogP contribution in [0.25, 0.3) is 0 Å². The Morgan fingerprint density at radius 3 is 2.93 bits per heavy atom. The van der Waals surface area contributed by atoms with Crippen LogP contribution in [-0.4, -0.2) is 43.7 Å². The third-order valence-corrected chi connectivity index (χ3v) is 4.05. The monoisotopic (exact) mass is 388 g/mol. The van der Waals surface area contributed by atoms with Crippen molar-refractivity contribution in [2.45, 2.75) is 37.9 Å². The number of phenolic OH excluding ortho intramolecular Hbond substituents is 1. The number of amides is 1. The van der Waals surface area contributed by atoms with E-state index in [0.29, 0.717) is 23.1 Å². The van der Waals surface area contributed by atoms with E-state index in [1.807, 2.05) is 32.9 Å². The number of thioether (sulfide) groups is 1. The Morgan fingerprint density at radius 2 is 2.22 bits per heavy atom. The van der Waals surface area contributed by atoms with Gasteiger partial charge in [0.2, 0.25) is 17.0 Å². The normalized spacial score (nSPS) is 11.5. The molecule has 2 aromatic rings. The number of para-hydroxylation sites is 1. The van der Waals surface area contributed by atoms with E-state index in [2.05, 4.69) is 37.6 Å². The maximum atomic E-state index is 11.8. The lowest BCUT2D eigenvalue weighted by atomic mass is 10.1. The summed E-state index contributed by atoms with van der Waals surface area (Å²) in [7, 11) is 0. The van der Waals surface area contributed by atoms with Gasteiger partial charge in [-0.1, -0.05) is 30.0 Å². The van der Waals surface area contributed by atoms with E-state index in [4.69, 9.17) is 0 Å². The van der Waals surface area contributed by atoms with Gasteiger partial charge in [-0.15, -0.1) is 11.7 Å². The van der Waals surface area contributed by atoms with Crippen molar-refractivity contribution in [1.82, 2.24) is 20.5 Å². The number of H-pyrrole nitrogens is 1. The largest absolute Gasteiger partial charge is 0.507 e. The molecule has 1 aromatic heterocycles. The van der Waals surface area contributed by atoms with Gasteiger partial charge in [-0.05, 0) is 38.8 Å². The molecule has 9 heteroatoms. The van der Waals surface area contributed by atoms with Gasteiger partial charge in [0.1, 0.15) is 5.75 Å². The van der Waals surface area contributed by atoms with Gasteiger partial charge in [0, 0.05) is 11.1 Å². The summed E-state index contributed by atoms with van der Waals surface area (Å²) < 4.78 is 0. The fourth-order valence-electron chi connectivity index (χ4n) is 2.14. The molecule has 0 saturated carbocycles. The van der Waals surface area contributed by atoms with Crippen LogP contribution in [0.4, 0.5) is 5.95 Å². The number of anilines is 1. The Balaban J connectivity index is 1.89. The first-order valence-electron chi connectivity index (χ1n) is 8.35. The van der Waals surface area contributed by atoms with Gasteiger partial charge >= 0.3 is 0 Å². The summed E-state index contributed by atoms with van der Waals surface area (Å²) in [6.07, 6.45) is 3.80. The maximum Gasteiger partial charge on any atom is 0.240 e. The molecule has 0 aliphatic carbocycles. The second kappa shape index (κ2) is 9.22. The van der Waals surface area contributed by atoms with Crippen LogP contribution in [0.5, 0.6) is 5.75 Å². The molecule has 0 saturated heterocycles. The molecule has 0 atom stereocenters. The van der Waals surface area contributed by atoms with E-state index in [1.165, 1.54) is 18.0 Å². The van der Waals surface area contributed by atoms with Gasteiger partial charge in [0.05, 0.1) is 12.0 Å². The molecule has 0 fully saturated rings. The molecule has 1 aromatic carbocycles. The van der Waals surface area contributed by atoms with Crippen LogP contribution in [0.2, 0.25) is 0 Å². The molecule has 0 aliphatic heterocycles. The second-order valence-electron chi connectivity index (χ2n) is 6.77. The van der Waals surface area contributed by atoms with E-state index < -0.39 is 0 Å². The number of benzene rings is 1. The number of aromatic amines is 1. The van der Waals surface area contributed by atoms with Crippen molar-refractivity contribution < 1.29 is 9.90 Å². The summed E-state index contributed by atoms with van der Waals surface area (Å²) in [5, 5.41) is 24.3. The number of hydrogen-bond donors (Lipinski definition) is 4. The number of carbonyl (C=O) groups excluding carboxylic acids is 1. The summed E-state index contributed by atoms with van der Waals surface area (Å²) in [6.45, 7) is 9.44. The first kappa shape index (κ1) is 20.5. The molecule has 1 heterocycles. The van der Waals surface area contributed by atoms with Crippen molar-refractivity contribution >= 4 is 29.8 Å². The minimum absolute atomic E-state index is 0.0836. The number of rotatable bonds is 8. The highest BCUT2D eigenvalue weighted by Gasteiger charge is 2.14. The first-order chi connectivity index (χ1) is 12.8. The fraction of sp³-hybridized carbons (Fsp3) is 0.333. The van der Waals surface area contributed by atoms with Crippen molar-refractivity contribution in [2.24, 2.45) is 5.10 Å². The number of nitrogens with zero attached hydrogens (tertiary/aromatic N) is 3. The number of allylic oxidation sites excluding steroid dienone is 1. The number of aromatic nitrogens is 3. The second-order valence-corrected chi connectivity index (χ2v) is 7.71. The highest BCUT2D eigenvalue weighted by atomic mass is 32.2. The van der Waals surface area contributed by atoms with Gasteiger partial charge < -0.3 is 10.4 Å². The Bertz CT molecular complexity index is 825. The minimum atomic E-state index is -0.271. The third-order valence-electron chi connectivity index (χ3n) is 3.20. The number of aromatic hydroxyl groups is 1. The van der Waals surface area contributed by atoms with Crippen LogP contribution in [0.3, 0.4) is 0 Å². The summed E-state index contributed by atoms with van der Waals surface area (Å²) in [5.41, 5.74) is 3.80. The molecular formula is C18H24N6O2S. The minimum Gasteiger partial charge on any atom is -0.507 e. The van der Waals surface area contributed by atoms with Gasteiger partial charge in [-0.25, -0.2) is 10.5 Å². The lowest BCUT2D eigenvalue weighted by Crippen LogP contribution is -2.41. The predicted octanol–water partition coefficient (Wildman–Crippen LogP) is 2.69. The van der Waals surface area contributed by atoms with Crippen LogP contribution >= 0.6 is 11.8 Å². The molecule has 8 nitrogen and oxygen atoms in total. The molecule has 0 bridgehead atoms. The zero-order valence-electron chi connectivity index (χ0n) is 15.6. The molecule has 27 heavy (non-hydrogen) atoms. The van der Waals surface area contributed by atoms with Crippen molar-refractivity contribution in [3.8, 4) is 5.75 Å². The van der Waals surface area contributed by atoms with Crippen LogP contribution in [0.1, 0.15) is 31.9 Å². The smallest absolute Gasteiger partial charge is 0.240 e. The Labute approximate surface area is 162 Å². The maximum absolute atomic E-state index is 11.8. The van der Waals surface area contributed by atoms with E-state index in [9.17, 15) is 9.90 Å². The van der Waals surface area contributed by atoms with Crippen molar-refractivity contribution in [3.63, 3.8) is 0 Å². The quantitative estimate of drug-likeness (QED) is 0.239. The van der Waals surface area contributed by atoms with E-state index >= 15 is 0 Å². The molecule has 0 unspecified atom stereocenters. The predicted molar refractivity (Wildman–Crippen MR) is 108 cm³/mol. The Morgan fingerprint density at radius 1 is 1.44 bits per heavy atom. The number of nitrogens with one attached hydrogen (secondary N) is 3. The molecule has 4 N–H and O–H groups in total. The average Bonchev–Trinajstić information content (AvgIpc) is 3.03. The van der Waals surface area contributed by atoms with Crippen LogP contribution in [-0.2, 0) is 11.2 Å². The third kappa shape index (κ3) is 6.78. The first-order valence-corrected chi connectivity index (χ1v) is 9.34. The summed E-state index contributed by atoms with van der Waals surface area (Å²) in [5.74, 6) is 0.648. The number of phenols is 1. The average molecular weight is 388 g/mol. The number of carbonyl (C=O) groups is 1. The van der Waals surface area contributed by atoms with Gasteiger partial charge in [-0.2, -0.15) is 10.1 Å².